The molecule has 0 atom stereocenters. The normalized spacial score (nSPS) is 10.9. The first-order valence-electron chi connectivity index (χ1n) is 6.17. The number of hydrogen-bond donors (Lipinski definition) is 0. The van der Waals surface area contributed by atoms with Gasteiger partial charge in [-0.1, -0.05) is 50.1 Å². The Hall–Kier alpha value is -1.39. The van der Waals surface area contributed by atoms with Crippen molar-refractivity contribution in [3.05, 3.63) is 69.2 Å². The van der Waals surface area contributed by atoms with E-state index >= 15 is 0 Å². The molecule has 0 N–H and O–H groups in total. The minimum absolute atomic E-state index is 0.0953. The van der Waals surface area contributed by atoms with Crippen molar-refractivity contribution in [1.82, 2.24) is 4.57 Å². The molecule has 1 aromatic heterocycles. The fourth-order valence-electron chi connectivity index (χ4n) is 2.24. The van der Waals surface area contributed by atoms with Crippen LogP contribution in [0.5, 0.6) is 0 Å². The van der Waals surface area contributed by atoms with Crippen LogP contribution in [0.1, 0.15) is 10.4 Å². The van der Waals surface area contributed by atoms with Crippen LogP contribution >= 0.6 is 31.9 Å². The molecule has 0 aliphatic rings. The van der Waals surface area contributed by atoms with E-state index in [1.165, 1.54) is 0 Å². The van der Waals surface area contributed by atoms with Crippen LogP contribution in [0.25, 0.3) is 10.9 Å². The van der Waals surface area contributed by atoms with Crippen LogP contribution < -0.4 is 0 Å². The molecule has 0 aliphatic carbocycles. The zero-order chi connectivity index (χ0) is 14.1. The van der Waals surface area contributed by atoms with Gasteiger partial charge in [0.2, 0.25) is 0 Å². The molecular formula is C16H11Br2NO. The second-order valence-corrected chi connectivity index (χ2v) is 6.32. The van der Waals surface area contributed by atoms with E-state index in [4.69, 9.17) is 0 Å². The first-order valence-corrected chi connectivity index (χ1v) is 7.76. The van der Waals surface area contributed by atoms with Gasteiger partial charge in [-0.3, -0.25) is 4.79 Å². The molecule has 20 heavy (non-hydrogen) atoms. The predicted octanol–water partition coefficient (Wildman–Crippen LogP) is 5.05. The Morgan fingerprint density at radius 2 is 1.85 bits per heavy atom. The molecule has 0 aliphatic heterocycles. The Morgan fingerprint density at radius 3 is 2.65 bits per heavy atom. The number of nitrogens with zero attached hydrogens (tertiary/aromatic N) is 1. The van der Waals surface area contributed by atoms with Crippen LogP contribution in [-0.2, 0) is 6.54 Å². The molecule has 4 heteroatoms. The summed E-state index contributed by atoms with van der Waals surface area (Å²) in [6, 6.07) is 15.6. The highest BCUT2D eigenvalue weighted by Crippen LogP contribution is 2.22. The molecule has 0 amide bonds. The highest BCUT2D eigenvalue weighted by Gasteiger charge is 2.11. The smallest absolute Gasteiger partial charge is 0.183 e. The summed E-state index contributed by atoms with van der Waals surface area (Å²) in [6.45, 7) is 0.341. The van der Waals surface area contributed by atoms with Gasteiger partial charge in [-0.05, 0) is 30.3 Å². The molecule has 0 bridgehead atoms. The molecule has 3 rings (SSSR count). The molecule has 3 aromatic rings. The Labute approximate surface area is 133 Å². The van der Waals surface area contributed by atoms with Crippen molar-refractivity contribution >= 4 is 48.5 Å². The molecule has 0 saturated carbocycles. The van der Waals surface area contributed by atoms with E-state index in [-0.39, 0.29) is 5.78 Å². The molecule has 0 radical (unpaired) electrons. The molecular weight excluding hydrogens is 382 g/mol. The number of fused-ring (bicyclic) bond motifs is 1. The second kappa shape index (κ2) is 5.54. The van der Waals surface area contributed by atoms with Crippen molar-refractivity contribution in [2.45, 2.75) is 6.54 Å². The number of Topliss-reactive ketones (excluding diaryl/α,β-unsaturated/α-hetero) is 1. The number of rotatable bonds is 3. The lowest BCUT2D eigenvalue weighted by Gasteiger charge is -2.06. The molecule has 2 aromatic carbocycles. The van der Waals surface area contributed by atoms with Crippen molar-refractivity contribution in [2.75, 3.05) is 0 Å². The van der Waals surface area contributed by atoms with Gasteiger partial charge in [-0.2, -0.15) is 0 Å². The minimum atomic E-state index is 0.0953. The number of ketones is 1. The monoisotopic (exact) mass is 391 g/mol. The molecule has 0 spiro atoms. The van der Waals surface area contributed by atoms with Gasteiger partial charge in [0.05, 0.1) is 6.54 Å². The van der Waals surface area contributed by atoms with Gasteiger partial charge in [-0.25, -0.2) is 0 Å². The highest BCUT2D eigenvalue weighted by atomic mass is 79.9. The number of carbonyl (C=O) groups excluding carboxylic acids is 1. The van der Waals surface area contributed by atoms with Gasteiger partial charge >= 0.3 is 0 Å². The molecule has 100 valence electrons. The third-order valence-electron chi connectivity index (χ3n) is 3.22. The summed E-state index contributed by atoms with van der Waals surface area (Å²) in [6.07, 6.45) is 1.95. The Balaban J connectivity index is 1.94. The van der Waals surface area contributed by atoms with E-state index in [0.29, 0.717) is 12.1 Å². The van der Waals surface area contributed by atoms with Crippen molar-refractivity contribution in [3.63, 3.8) is 0 Å². The fourth-order valence-corrected chi connectivity index (χ4v) is 3.12. The van der Waals surface area contributed by atoms with Crippen LogP contribution in [-0.4, -0.2) is 10.4 Å². The van der Waals surface area contributed by atoms with Crippen molar-refractivity contribution in [1.29, 1.82) is 0 Å². The lowest BCUT2D eigenvalue weighted by atomic mass is 10.1. The standard InChI is InChI=1S/C16H11Br2NO/c17-12-5-6-15-11(9-12)7-8-19(15)10-16(20)13-3-1-2-4-14(13)18/h1-9H,10H2. The summed E-state index contributed by atoms with van der Waals surface area (Å²) < 4.78 is 3.85. The zero-order valence-corrected chi connectivity index (χ0v) is 13.7. The van der Waals surface area contributed by atoms with Crippen LogP contribution in [0.4, 0.5) is 0 Å². The third kappa shape index (κ3) is 2.58. The second-order valence-electron chi connectivity index (χ2n) is 4.55. The Morgan fingerprint density at radius 1 is 1.05 bits per heavy atom. The van der Waals surface area contributed by atoms with Gasteiger partial charge < -0.3 is 4.57 Å². The van der Waals surface area contributed by atoms with E-state index in [1.807, 2.05) is 53.2 Å². The Bertz CT molecular complexity index is 792. The molecule has 0 fully saturated rings. The van der Waals surface area contributed by atoms with Crippen molar-refractivity contribution in [2.24, 2.45) is 0 Å². The van der Waals surface area contributed by atoms with Crippen LogP contribution in [0.2, 0.25) is 0 Å². The lowest BCUT2D eigenvalue weighted by Crippen LogP contribution is -2.10. The number of benzene rings is 2. The summed E-state index contributed by atoms with van der Waals surface area (Å²) in [5.74, 6) is 0.0953. The van der Waals surface area contributed by atoms with E-state index in [0.717, 1.165) is 19.8 Å². The summed E-state index contributed by atoms with van der Waals surface area (Å²) in [4.78, 5) is 12.4. The average molecular weight is 393 g/mol. The van der Waals surface area contributed by atoms with Gasteiger partial charge in [0.1, 0.15) is 0 Å². The number of aromatic nitrogens is 1. The van der Waals surface area contributed by atoms with E-state index in [9.17, 15) is 4.79 Å². The molecule has 0 saturated heterocycles. The van der Waals surface area contributed by atoms with Gasteiger partial charge in [-0.15, -0.1) is 0 Å². The molecule has 2 nitrogen and oxygen atoms in total. The first kappa shape index (κ1) is 13.6. The number of carbonyl (C=O) groups is 1. The number of halogens is 2. The van der Waals surface area contributed by atoms with Crippen LogP contribution in [0.15, 0.2) is 63.7 Å². The summed E-state index contributed by atoms with van der Waals surface area (Å²) in [5.41, 5.74) is 1.78. The highest BCUT2D eigenvalue weighted by molar-refractivity contribution is 9.10. The van der Waals surface area contributed by atoms with Gasteiger partial charge in [0, 0.05) is 31.6 Å². The molecule has 1 heterocycles. The van der Waals surface area contributed by atoms with Gasteiger partial charge in [0.15, 0.2) is 5.78 Å². The van der Waals surface area contributed by atoms with Crippen molar-refractivity contribution in [3.8, 4) is 0 Å². The number of hydrogen-bond acceptors (Lipinski definition) is 1. The van der Waals surface area contributed by atoms with Gasteiger partial charge in [0.25, 0.3) is 0 Å². The minimum Gasteiger partial charge on any atom is -0.340 e. The Kier molecular flexibility index (Phi) is 3.76. The largest absolute Gasteiger partial charge is 0.340 e. The fraction of sp³-hybridized carbons (Fsp3) is 0.0625. The maximum Gasteiger partial charge on any atom is 0.183 e. The van der Waals surface area contributed by atoms with Crippen LogP contribution in [0, 0.1) is 0 Å². The maximum absolute atomic E-state index is 12.4. The maximum atomic E-state index is 12.4. The average Bonchev–Trinajstić information content (AvgIpc) is 2.81. The van der Waals surface area contributed by atoms with Crippen molar-refractivity contribution < 1.29 is 4.79 Å². The van der Waals surface area contributed by atoms with E-state index in [1.54, 1.807) is 0 Å². The topological polar surface area (TPSA) is 22.0 Å². The van der Waals surface area contributed by atoms with Crippen LogP contribution in [0.3, 0.4) is 0 Å². The third-order valence-corrected chi connectivity index (χ3v) is 4.41. The quantitative estimate of drug-likeness (QED) is 0.571. The predicted molar refractivity (Wildman–Crippen MR) is 88.1 cm³/mol. The summed E-state index contributed by atoms with van der Waals surface area (Å²) in [7, 11) is 0. The summed E-state index contributed by atoms with van der Waals surface area (Å²) >= 11 is 6.88. The van der Waals surface area contributed by atoms with E-state index in [2.05, 4.69) is 37.9 Å². The lowest BCUT2D eigenvalue weighted by molar-refractivity contribution is 0.0973. The first-order chi connectivity index (χ1) is 9.65. The molecule has 0 unspecified atom stereocenters. The SMILES string of the molecule is O=C(Cn1ccc2cc(Br)ccc21)c1ccccc1Br. The summed E-state index contributed by atoms with van der Waals surface area (Å²) in [5, 5.41) is 1.12. The zero-order valence-electron chi connectivity index (χ0n) is 10.5. The van der Waals surface area contributed by atoms with E-state index < -0.39 is 0 Å².